The fraction of sp³-hybridized carbons (Fsp3) is 0.600. The Morgan fingerprint density at radius 2 is 2.41 bits per heavy atom. The van der Waals surface area contributed by atoms with Crippen molar-refractivity contribution in [1.82, 2.24) is 5.32 Å². The molecule has 1 unspecified atom stereocenters. The smallest absolute Gasteiger partial charge is 0.266 e. The number of nitrogens with one attached hydrogen (secondary N) is 1. The molecule has 0 aliphatic heterocycles. The molecule has 1 heterocycles. The van der Waals surface area contributed by atoms with E-state index in [1.807, 2.05) is 0 Å². The molecule has 2 atom stereocenters. The van der Waals surface area contributed by atoms with Crippen LogP contribution in [0.4, 0.5) is 0 Å². The van der Waals surface area contributed by atoms with Crippen LogP contribution in [0, 0.1) is 6.92 Å². The molecule has 0 fully saturated rings. The third-order valence-corrected chi connectivity index (χ3v) is 4.31. The predicted molar refractivity (Wildman–Crippen MR) is 74.4 cm³/mol. The van der Waals surface area contributed by atoms with Gasteiger partial charge in [0.2, 0.25) is 0 Å². The molecule has 4 nitrogen and oxygen atoms in total. The van der Waals surface area contributed by atoms with Gasteiger partial charge in [-0.3, -0.25) is 8.74 Å². The summed E-state index contributed by atoms with van der Waals surface area (Å²) >= 11 is 5.96. The van der Waals surface area contributed by atoms with Gasteiger partial charge in [0, 0.05) is 35.1 Å². The monoisotopic (exact) mass is 295 g/mol. The molecule has 98 valence electrons. The SMILES string of the molecule is Cc1ccsc1[C@@H](C)CNCCOS(=O)(O)=S. The van der Waals surface area contributed by atoms with Crippen molar-refractivity contribution in [3.8, 4) is 0 Å². The highest BCUT2D eigenvalue weighted by Crippen LogP contribution is 2.24. The van der Waals surface area contributed by atoms with Crippen molar-refractivity contribution >= 4 is 31.6 Å². The molecule has 0 saturated heterocycles. The molecule has 1 rings (SSSR count). The van der Waals surface area contributed by atoms with Crippen LogP contribution in [-0.2, 0) is 24.4 Å². The third kappa shape index (κ3) is 5.89. The maximum Gasteiger partial charge on any atom is 0.266 e. The molecule has 0 amide bonds. The summed E-state index contributed by atoms with van der Waals surface area (Å²) in [7, 11) is -3.48. The average molecular weight is 295 g/mol. The van der Waals surface area contributed by atoms with E-state index in [1.165, 1.54) is 10.4 Å². The van der Waals surface area contributed by atoms with E-state index in [2.05, 4.69) is 46.0 Å². The Hall–Kier alpha value is -0.0500. The van der Waals surface area contributed by atoms with Crippen molar-refractivity contribution in [2.24, 2.45) is 0 Å². The first-order chi connectivity index (χ1) is 7.90. The Morgan fingerprint density at radius 1 is 1.71 bits per heavy atom. The first kappa shape index (κ1) is 15.0. The summed E-state index contributed by atoms with van der Waals surface area (Å²) in [5.74, 6) is 0.428. The fourth-order valence-electron chi connectivity index (χ4n) is 1.52. The zero-order valence-corrected chi connectivity index (χ0v) is 12.3. The van der Waals surface area contributed by atoms with Crippen LogP contribution in [0.3, 0.4) is 0 Å². The summed E-state index contributed by atoms with van der Waals surface area (Å²) in [6.45, 7) is 5.73. The second-order valence-electron chi connectivity index (χ2n) is 3.82. The second-order valence-corrected chi connectivity index (χ2v) is 7.13. The minimum Gasteiger partial charge on any atom is -0.314 e. The lowest BCUT2D eigenvalue weighted by atomic mass is 10.1. The van der Waals surface area contributed by atoms with Gasteiger partial charge < -0.3 is 5.32 Å². The van der Waals surface area contributed by atoms with Crippen molar-refractivity contribution in [1.29, 1.82) is 0 Å². The topological polar surface area (TPSA) is 58.6 Å². The van der Waals surface area contributed by atoms with E-state index >= 15 is 0 Å². The average Bonchev–Trinajstić information content (AvgIpc) is 2.62. The summed E-state index contributed by atoms with van der Waals surface area (Å²) < 4.78 is 23.9. The van der Waals surface area contributed by atoms with Crippen molar-refractivity contribution in [2.75, 3.05) is 19.7 Å². The van der Waals surface area contributed by atoms with Gasteiger partial charge in [0.25, 0.3) is 9.05 Å². The zero-order valence-electron chi connectivity index (χ0n) is 9.84. The lowest BCUT2D eigenvalue weighted by molar-refractivity contribution is 0.301. The Kier molecular flexibility index (Phi) is 5.98. The van der Waals surface area contributed by atoms with Crippen LogP contribution < -0.4 is 5.32 Å². The summed E-state index contributed by atoms with van der Waals surface area (Å²) in [6, 6.07) is 2.11. The van der Waals surface area contributed by atoms with Gasteiger partial charge in [-0.05, 0) is 23.9 Å². The van der Waals surface area contributed by atoms with Gasteiger partial charge in [-0.25, -0.2) is 0 Å². The summed E-state index contributed by atoms with van der Waals surface area (Å²) in [4.78, 5) is 1.37. The fourth-order valence-corrected chi connectivity index (χ4v) is 3.01. The van der Waals surface area contributed by atoms with Crippen LogP contribution >= 0.6 is 11.3 Å². The van der Waals surface area contributed by atoms with Gasteiger partial charge in [-0.15, -0.1) is 11.3 Å². The molecule has 17 heavy (non-hydrogen) atoms. The highest BCUT2D eigenvalue weighted by Gasteiger charge is 2.09. The maximum atomic E-state index is 10.6. The van der Waals surface area contributed by atoms with Gasteiger partial charge in [0.05, 0.1) is 6.61 Å². The van der Waals surface area contributed by atoms with Gasteiger partial charge in [-0.1, -0.05) is 6.92 Å². The number of hydrogen-bond donors (Lipinski definition) is 2. The summed E-state index contributed by atoms with van der Waals surface area (Å²) in [5, 5.41) is 5.26. The largest absolute Gasteiger partial charge is 0.314 e. The summed E-state index contributed by atoms with van der Waals surface area (Å²) in [6.07, 6.45) is 0. The van der Waals surface area contributed by atoms with Crippen LogP contribution in [0.15, 0.2) is 11.4 Å². The van der Waals surface area contributed by atoms with Crippen molar-refractivity contribution in [2.45, 2.75) is 19.8 Å². The normalized spacial score (nSPS) is 16.6. The van der Waals surface area contributed by atoms with Crippen molar-refractivity contribution in [3.63, 3.8) is 0 Å². The van der Waals surface area contributed by atoms with Crippen molar-refractivity contribution < 1.29 is 12.9 Å². The van der Waals surface area contributed by atoms with Gasteiger partial charge in [0.15, 0.2) is 0 Å². The first-order valence-corrected chi connectivity index (χ1v) is 8.51. The Morgan fingerprint density at radius 3 is 2.94 bits per heavy atom. The van der Waals surface area contributed by atoms with Gasteiger partial charge in [0.1, 0.15) is 0 Å². The number of thiophene rings is 1. The van der Waals surface area contributed by atoms with E-state index in [-0.39, 0.29) is 6.61 Å². The van der Waals surface area contributed by atoms with Crippen LogP contribution in [0.5, 0.6) is 0 Å². The molecule has 0 aliphatic carbocycles. The number of aryl methyl sites for hydroxylation is 1. The predicted octanol–water partition coefficient (Wildman–Crippen LogP) is 1.90. The maximum absolute atomic E-state index is 10.6. The lowest BCUT2D eigenvalue weighted by Gasteiger charge is -2.12. The van der Waals surface area contributed by atoms with Crippen LogP contribution in [0.1, 0.15) is 23.3 Å². The van der Waals surface area contributed by atoms with Crippen LogP contribution in [0.25, 0.3) is 0 Å². The van der Waals surface area contributed by atoms with E-state index in [4.69, 9.17) is 4.55 Å². The van der Waals surface area contributed by atoms with E-state index in [9.17, 15) is 4.21 Å². The van der Waals surface area contributed by atoms with E-state index < -0.39 is 9.05 Å². The molecule has 0 aromatic carbocycles. The van der Waals surface area contributed by atoms with Crippen molar-refractivity contribution in [3.05, 3.63) is 21.9 Å². The highest BCUT2D eigenvalue weighted by atomic mass is 32.9. The minimum absolute atomic E-state index is 0.148. The molecule has 0 spiro atoms. The highest BCUT2D eigenvalue weighted by molar-refractivity contribution is 8.27. The number of rotatable bonds is 7. The van der Waals surface area contributed by atoms with E-state index in [1.54, 1.807) is 11.3 Å². The zero-order chi connectivity index (χ0) is 12.9. The minimum atomic E-state index is -3.48. The van der Waals surface area contributed by atoms with E-state index in [0.29, 0.717) is 12.5 Å². The molecular formula is C10H17NO3S3. The molecule has 1 aromatic rings. The standard InChI is InChI=1S/C10H17NO3S3/c1-8-3-6-16-10(8)9(2)7-11-4-5-14-17(12,13)15/h3,6,9,11H,4-5,7H2,1-2H3,(H,12,13,15)/t9-/m0/s1. The Balaban J connectivity index is 2.22. The van der Waals surface area contributed by atoms with Gasteiger partial charge >= 0.3 is 0 Å². The molecule has 1 aromatic heterocycles. The number of hydrogen-bond acceptors (Lipinski definition) is 5. The Bertz CT molecular complexity index is 441. The molecule has 0 saturated carbocycles. The molecular weight excluding hydrogens is 278 g/mol. The van der Waals surface area contributed by atoms with E-state index in [0.717, 1.165) is 6.54 Å². The first-order valence-electron chi connectivity index (χ1n) is 5.26. The molecule has 0 radical (unpaired) electrons. The molecule has 0 aliphatic rings. The summed E-state index contributed by atoms with van der Waals surface area (Å²) in [5.41, 5.74) is 1.31. The third-order valence-electron chi connectivity index (χ3n) is 2.31. The molecule has 0 bridgehead atoms. The molecule has 2 N–H and O–H groups in total. The quantitative estimate of drug-likeness (QED) is 0.753. The second kappa shape index (κ2) is 6.77. The lowest BCUT2D eigenvalue weighted by Crippen LogP contribution is -2.25. The van der Waals surface area contributed by atoms with Crippen LogP contribution in [-0.4, -0.2) is 28.5 Å². The van der Waals surface area contributed by atoms with Crippen LogP contribution in [0.2, 0.25) is 0 Å². The van der Waals surface area contributed by atoms with Gasteiger partial charge in [-0.2, -0.15) is 4.21 Å². The Labute approximate surface area is 111 Å². The molecule has 7 heteroatoms.